The van der Waals surface area contributed by atoms with Crippen molar-refractivity contribution >= 4 is 17.5 Å². The first-order valence-corrected chi connectivity index (χ1v) is 8.14. The third-order valence-corrected chi connectivity index (χ3v) is 3.46. The number of amides is 2. The third kappa shape index (κ3) is 6.20. The van der Waals surface area contributed by atoms with Crippen molar-refractivity contribution in [2.24, 2.45) is 5.41 Å². The molecule has 0 heterocycles. The smallest absolute Gasteiger partial charge is 0.239 e. The summed E-state index contributed by atoms with van der Waals surface area (Å²) >= 11 is 0. The van der Waals surface area contributed by atoms with Crippen molar-refractivity contribution in [2.45, 2.75) is 33.8 Å². The van der Waals surface area contributed by atoms with E-state index < -0.39 is 5.41 Å². The van der Waals surface area contributed by atoms with Crippen LogP contribution in [-0.2, 0) is 9.59 Å². The van der Waals surface area contributed by atoms with Crippen molar-refractivity contribution in [3.8, 4) is 5.75 Å². The van der Waals surface area contributed by atoms with Gasteiger partial charge in [0, 0.05) is 18.8 Å². The van der Waals surface area contributed by atoms with Crippen LogP contribution in [0.2, 0.25) is 0 Å². The molecule has 0 unspecified atom stereocenters. The molecule has 0 radical (unpaired) electrons. The van der Waals surface area contributed by atoms with E-state index in [0.29, 0.717) is 12.2 Å². The highest BCUT2D eigenvalue weighted by Gasteiger charge is 2.35. The Morgan fingerprint density at radius 3 is 2.21 bits per heavy atom. The normalized spacial score (nSPS) is 11.5. The van der Waals surface area contributed by atoms with Crippen LogP contribution < -0.4 is 15.4 Å². The topological polar surface area (TPSA) is 70.7 Å². The Morgan fingerprint density at radius 1 is 1.12 bits per heavy atom. The number of ether oxygens (including phenoxy) is 1. The van der Waals surface area contributed by atoms with E-state index in [1.807, 2.05) is 32.8 Å². The minimum Gasteiger partial charge on any atom is -0.491 e. The molecule has 6 heteroatoms. The van der Waals surface area contributed by atoms with Crippen molar-refractivity contribution in [2.75, 3.05) is 32.5 Å². The lowest BCUT2D eigenvalue weighted by molar-refractivity contribution is -0.138. The van der Waals surface area contributed by atoms with E-state index in [0.717, 1.165) is 12.3 Å². The Hall–Kier alpha value is -2.08. The summed E-state index contributed by atoms with van der Waals surface area (Å²) in [4.78, 5) is 26.6. The monoisotopic (exact) mass is 335 g/mol. The van der Waals surface area contributed by atoms with Gasteiger partial charge >= 0.3 is 0 Å². The van der Waals surface area contributed by atoms with E-state index in [2.05, 4.69) is 10.6 Å². The summed E-state index contributed by atoms with van der Waals surface area (Å²) in [7, 11) is 3.85. The second-order valence-corrected chi connectivity index (χ2v) is 6.83. The molecule has 2 amide bonds. The number of nitrogens with one attached hydrogen (secondary N) is 2. The van der Waals surface area contributed by atoms with Crippen molar-refractivity contribution in [1.29, 1.82) is 0 Å². The van der Waals surface area contributed by atoms with Gasteiger partial charge in [-0.25, -0.2) is 0 Å². The van der Waals surface area contributed by atoms with E-state index in [1.165, 1.54) is 0 Å². The van der Waals surface area contributed by atoms with Gasteiger partial charge in [0.1, 0.15) is 11.2 Å². The fourth-order valence-corrected chi connectivity index (χ4v) is 1.89. The van der Waals surface area contributed by atoms with Gasteiger partial charge in [-0.2, -0.15) is 0 Å². The van der Waals surface area contributed by atoms with Gasteiger partial charge in [-0.3, -0.25) is 9.59 Å². The minimum absolute atomic E-state index is 0.0928. The molecule has 0 saturated carbocycles. The second-order valence-electron chi connectivity index (χ2n) is 6.83. The molecule has 0 aliphatic rings. The molecule has 1 rings (SSSR count). The number of nitrogens with zero attached hydrogens (tertiary/aromatic N) is 1. The maximum absolute atomic E-state index is 12.4. The number of hydrogen-bond acceptors (Lipinski definition) is 4. The standard InChI is InChI=1S/C18H29N3O3/c1-13(2)24-15-9-7-14(8-10-15)20-17(23)18(3,4)16(22)19-11-12-21(5)6/h7-10,13H,11-12H2,1-6H3,(H,19,22)(H,20,23). The summed E-state index contributed by atoms with van der Waals surface area (Å²) in [6.45, 7) is 8.36. The maximum Gasteiger partial charge on any atom is 0.239 e. The predicted molar refractivity (Wildman–Crippen MR) is 96.2 cm³/mol. The molecule has 6 nitrogen and oxygen atoms in total. The lowest BCUT2D eigenvalue weighted by Gasteiger charge is -2.23. The molecule has 1 aromatic rings. The first-order chi connectivity index (χ1) is 11.1. The maximum atomic E-state index is 12.4. The van der Waals surface area contributed by atoms with Crippen LogP contribution in [0.4, 0.5) is 5.69 Å². The summed E-state index contributed by atoms with van der Waals surface area (Å²) in [5.74, 6) is 0.104. The van der Waals surface area contributed by atoms with Crippen molar-refractivity contribution in [1.82, 2.24) is 10.2 Å². The first kappa shape index (κ1) is 20.0. The highest BCUT2D eigenvalue weighted by molar-refractivity contribution is 6.09. The average Bonchev–Trinajstić information content (AvgIpc) is 2.48. The Bertz CT molecular complexity index is 551. The zero-order chi connectivity index (χ0) is 18.3. The lowest BCUT2D eigenvalue weighted by atomic mass is 9.91. The van der Waals surface area contributed by atoms with E-state index in [4.69, 9.17) is 4.74 Å². The summed E-state index contributed by atoms with van der Waals surface area (Å²) in [6.07, 6.45) is 0.0928. The highest BCUT2D eigenvalue weighted by atomic mass is 16.5. The van der Waals surface area contributed by atoms with E-state index in [-0.39, 0.29) is 17.9 Å². The minimum atomic E-state index is -1.15. The average molecular weight is 335 g/mol. The van der Waals surface area contributed by atoms with Crippen molar-refractivity contribution in [3.05, 3.63) is 24.3 Å². The largest absolute Gasteiger partial charge is 0.491 e. The molecule has 0 bridgehead atoms. The molecule has 0 atom stereocenters. The molecule has 24 heavy (non-hydrogen) atoms. The van der Waals surface area contributed by atoms with Crippen LogP contribution in [0, 0.1) is 5.41 Å². The number of benzene rings is 1. The van der Waals surface area contributed by atoms with Crippen LogP contribution in [0.3, 0.4) is 0 Å². The van der Waals surface area contributed by atoms with Gasteiger partial charge in [0.25, 0.3) is 0 Å². The number of hydrogen-bond donors (Lipinski definition) is 2. The fraction of sp³-hybridized carbons (Fsp3) is 0.556. The second kappa shape index (κ2) is 8.68. The van der Waals surface area contributed by atoms with Crippen LogP contribution in [0.1, 0.15) is 27.7 Å². The Kier molecular flexibility index (Phi) is 7.22. The van der Waals surface area contributed by atoms with Crippen LogP contribution in [-0.4, -0.2) is 50.0 Å². The molecule has 1 aromatic carbocycles. The lowest BCUT2D eigenvalue weighted by Crippen LogP contribution is -2.46. The van der Waals surface area contributed by atoms with E-state index in [1.54, 1.807) is 38.1 Å². The molecule has 0 fully saturated rings. The molecule has 0 aliphatic carbocycles. The van der Waals surface area contributed by atoms with Crippen LogP contribution >= 0.6 is 0 Å². The number of rotatable bonds is 8. The van der Waals surface area contributed by atoms with E-state index >= 15 is 0 Å². The van der Waals surface area contributed by atoms with Crippen LogP contribution in [0.5, 0.6) is 5.75 Å². The molecule has 0 saturated heterocycles. The van der Waals surface area contributed by atoms with Crippen molar-refractivity contribution < 1.29 is 14.3 Å². The predicted octanol–water partition coefficient (Wildman–Crippen LogP) is 2.12. The Labute approximate surface area is 144 Å². The number of carbonyl (C=O) groups is 2. The quantitative estimate of drug-likeness (QED) is 0.714. The van der Waals surface area contributed by atoms with Gasteiger partial charge in [-0.15, -0.1) is 0 Å². The number of carbonyl (C=O) groups excluding carboxylic acids is 2. The summed E-state index contributed by atoms with van der Waals surface area (Å²) < 4.78 is 5.56. The van der Waals surface area contributed by atoms with Gasteiger partial charge in [-0.1, -0.05) is 0 Å². The zero-order valence-corrected chi connectivity index (χ0v) is 15.5. The van der Waals surface area contributed by atoms with Gasteiger partial charge < -0.3 is 20.3 Å². The highest BCUT2D eigenvalue weighted by Crippen LogP contribution is 2.21. The summed E-state index contributed by atoms with van der Waals surface area (Å²) in [6, 6.07) is 7.10. The number of likely N-dealkylation sites (N-methyl/N-ethyl adjacent to an activating group) is 1. The molecular weight excluding hydrogens is 306 g/mol. The van der Waals surface area contributed by atoms with Crippen LogP contribution in [0.25, 0.3) is 0 Å². The molecule has 0 aliphatic heterocycles. The molecule has 134 valence electrons. The fourth-order valence-electron chi connectivity index (χ4n) is 1.89. The van der Waals surface area contributed by atoms with Gasteiger partial charge in [-0.05, 0) is 66.1 Å². The van der Waals surface area contributed by atoms with E-state index in [9.17, 15) is 9.59 Å². The van der Waals surface area contributed by atoms with Crippen molar-refractivity contribution in [3.63, 3.8) is 0 Å². The molecule has 0 spiro atoms. The van der Waals surface area contributed by atoms with Gasteiger partial charge in [0.05, 0.1) is 6.10 Å². The Morgan fingerprint density at radius 2 is 1.71 bits per heavy atom. The summed E-state index contributed by atoms with van der Waals surface area (Å²) in [5, 5.41) is 5.57. The molecule has 2 N–H and O–H groups in total. The zero-order valence-electron chi connectivity index (χ0n) is 15.5. The van der Waals surface area contributed by atoms with Crippen LogP contribution in [0.15, 0.2) is 24.3 Å². The SMILES string of the molecule is CC(C)Oc1ccc(NC(=O)C(C)(C)C(=O)NCCN(C)C)cc1. The van der Waals surface area contributed by atoms with Gasteiger partial charge in [0.2, 0.25) is 11.8 Å². The number of anilines is 1. The Balaban J connectivity index is 2.62. The van der Waals surface area contributed by atoms with Gasteiger partial charge in [0.15, 0.2) is 0 Å². The third-order valence-electron chi connectivity index (χ3n) is 3.46. The first-order valence-electron chi connectivity index (χ1n) is 8.14. The molecule has 0 aromatic heterocycles. The summed E-state index contributed by atoms with van der Waals surface area (Å²) in [5.41, 5.74) is -0.523. The molecular formula is C18H29N3O3.